The molecule has 0 unspecified atom stereocenters. The Morgan fingerprint density at radius 3 is 2.04 bits per heavy atom. The van der Waals surface area contributed by atoms with Gasteiger partial charge < -0.3 is 19.5 Å². The third-order valence-electron chi connectivity index (χ3n) is 3.11. The lowest BCUT2D eigenvalue weighted by Gasteiger charge is -2.24. The van der Waals surface area contributed by atoms with Crippen LogP contribution in [0, 0.1) is 0 Å². The van der Waals surface area contributed by atoms with E-state index in [-0.39, 0.29) is 6.09 Å². The molecule has 1 aliphatic rings. The zero-order valence-corrected chi connectivity index (χ0v) is 17.1. The number of hydrogen-bond acceptors (Lipinski definition) is 5. The molecular formula is C19H32N2O5. The Morgan fingerprint density at radius 1 is 1.12 bits per heavy atom. The van der Waals surface area contributed by atoms with Crippen molar-refractivity contribution in [2.45, 2.75) is 53.3 Å². The van der Waals surface area contributed by atoms with Crippen LogP contribution in [0.25, 0.3) is 0 Å². The third kappa shape index (κ3) is 7.31. The molecule has 0 bridgehead atoms. The Hall–Kier alpha value is -2.28. The van der Waals surface area contributed by atoms with E-state index < -0.39 is 5.60 Å². The number of carbonyl (C=O) groups excluding carboxylic acids is 2. The molecule has 1 aliphatic heterocycles. The fraction of sp³-hybridized carbons (Fsp3) is 0.579. The second kappa shape index (κ2) is 11.4. The number of anilines is 1. The highest BCUT2D eigenvalue weighted by atomic mass is 16.6. The summed E-state index contributed by atoms with van der Waals surface area (Å²) in [5.74, 6) is 0.576. The quantitative estimate of drug-likeness (QED) is 0.821. The van der Waals surface area contributed by atoms with E-state index in [1.165, 1.54) is 7.11 Å². The molecule has 0 radical (unpaired) electrons. The molecule has 148 valence electrons. The van der Waals surface area contributed by atoms with Crippen molar-refractivity contribution in [2.24, 2.45) is 0 Å². The highest BCUT2D eigenvalue weighted by Gasteiger charge is 2.28. The van der Waals surface area contributed by atoms with Crippen molar-refractivity contribution in [3.63, 3.8) is 0 Å². The molecular weight excluding hydrogens is 336 g/mol. The van der Waals surface area contributed by atoms with Crippen molar-refractivity contribution < 1.29 is 23.8 Å². The molecule has 0 fully saturated rings. The van der Waals surface area contributed by atoms with Crippen molar-refractivity contribution in [3.8, 4) is 5.75 Å². The van der Waals surface area contributed by atoms with Gasteiger partial charge in [-0.2, -0.15) is 0 Å². The van der Waals surface area contributed by atoms with Crippen LogP contribution in [0.15, 0.2) is 12.1 Å². The van der Waals surface area contributed by atoms with Gasteiger partial charge in [-0.3, -0.25) is 9.69 Å². The summed E-state index contributed by atoms with van der Waals surface area (Å²) in [5.41, 5.74) is 2.05. The van der Waals surface area contributed by atoms with E-state index in [4.69, 9.17) is 9.47 Å². The summed E-state index contributed by atoms with van der Waals surface area (Å²) in [6.07, 6.45) is 0.257. The van der Waals surface area contributed by atoms with Crippen LogP contribution in [0.4, 0.5) is 10.5 Å². The van der Waals surface area contributed by atoms with E-state index >= 15 is 0 Å². The Kier molecular flexibility index (Phi) is 10.4. The van der Waals surface area contributed by atoms with Gasteiger partial charge in [0.05, 0.1) is 12.8 Å². The molecule has 0 atom stereocenters. The van der Waals surface area contributed by atoms with Crippen LogP contribution in [-0.4, -0.2) is 44.3 Å². The number of benzene rings is 1. The molecule has 7 nitrogen and oxygen atoms in total. The first-order valence-corrected chi connectivity index (χ1v) is 8.53. The second-order valence-electron chi connectivity index (χ2n) is 6.33. The second-order valence-corrected chi connectivity index (χ2v) is 6.33. The maximum Gasteiger partial charge on any atom is 0.410 e. The fourth-order valence-electron chi connectivity index (χ4n) is 2.23. The SMILES string of the molecule is CC.COC.COc1cc2c(cc1NC=O)CN(C(=O)OC(C)(C)C)C2. The van der Waals surface area contributed by atoms with Crippen LogP contribution in [0.1, 0.15) is 45.7 Å². The third-order valence-corrected chi connectivity index (χ3v) is 3.11. The van der Waals surface area contributed by atoms with Gasteiger partial charge in [0, 0.05) is 27.3 Å². The molecule has 0 saturated heterocycles. The maximum absolute atomic E-state index is 12.1. The lowest BCUT2D eigenvalue weighted by molar-refractivity contribution is -0.105. The number of nitrogens with one attached hydrogen (secondary N) is 1. The number of rotatable bonds is 3. The largest absolute Gasteiger partial charge is 0.495 e. The fourth-order valence-corrected chi connectivity index (χ4v) is 2.23. The zero-order valence-electron chi connectivity index (χ0n) is 17.1. The van der Waals surface area contributed by atoms with Gasteiger partial charge in [-0.15, -0.1) is 0 Å². The first-order chi connectivity index (χ1) is 12.3. The standard InChI is InChI=1S/C15H20N2O4.C2H6O.C2H6/c1-15(2,3)21-14(19)17-7-10-5-12(16-9-18)13(20-4)6-11(10)8-17;1-3-2;1-2/h5-6,9H,7-8H2,1-4H3,(H,16,18);1-2H3;1-2H3. The van der Waals surface area contributed by atoms with Gasteiger partial charge in [0.15, 0.2) is 0 Å². The van der Waals surface area contributed by atoms with Crippen molar-refractivity contribution in [1.82, 2.24) is 4.90 Å². The van der Waals surface area contributed by atoms with Gasteiger partial charge in [0.2, 0.25) is 6.41 Å². The molecule has 7 heteroatoms. The summed E-state index contributed by atoms with van der Waals surface area (Å²) in [5, 5.41) is 2.60. The smallest absolute Gasteiger partial charge is 0.410 e. The van der Waals surface area contributed by atoms with E-state index in [1.54, 1.807) is 19.1 Å². The molecule has 2 rings (SSSR count). The Balaban J connectivity index is 0.00000113. The van der Waals surface area contributed by atoms with Crippen molar-refractivity contribution >= 4 is 18.2 Å². The number of methoxy groups -OCH3 is 2. The van der Waals surface area contributed by atoms with Crippen LogP contribution in [0.2, 0.25) is 0 Å². The van der Waals surface area contributed by atoms with Crippen LogP contribution in [0.5, 0.6) is 5.75 Å². The molecule has 0 aromatic heterocycles. The Labute approximate surface area is 156 Å². The molecule has 1 heterocycles. The van der Waals surface area contributed by atoms with Crippen molar-refractivity contribution in [3.05, 3.63) is 23.3 Å². The Bertz CT molecular complexity index is 582. The summed E-state index contributed by atoms with van der Waals surface area (Å²) in [7, 11) is 4.79. The predicted octanol–water partition coefficient (Wildman–Crippen LogP) is 3.80. The molecule has 0 spiro atoms. The highest BCUT2D eigenvalue weighted by Crippen LogP contribution is 2.33. The van der Waals surface area contributed by atoms with Gasteiger partial charge in [-0.05, 0) is 44.0 Å². The Morgan fingerprint density at radius 2 is 1.62 bits per heavy atom. The molecule has 1 aromatic rings. The first kappa shape index (κ1) is 23.7. The van der Waals surface area contributed by atoms with Gasteiger partial charge in [-0.25, -0.2) is 4.79 Å². The van der Waals surface area contributed by atoms with Crippen LogP contribution in [-0.2, 0) is 27.4 Å². The number of ether oxygens (including phenoxy) is 3. The summed E-state index contributed by atoms with van der Waals surface area (Å²) in [6.45, 7) is 10.4. The minimum absolute atomic E-state index is 0.345. The van der Waals surface area contributed by atoms with Crippen LogP contribution >= 0.6 is 0 Å². The molecule has 0 aliphatic carbocycles. The zero-order chi connectivity index (χ0) is 20.3. The summed E-state index contributed by atoms with van der Waals surface area (Å²) >= 11 is 0. The van der Waals surface area contributed by atoms with Gasteiger partial charge >= 0.3 is 6.09 Å². The summed E-state index contributed by atoms with van der Waals surface area (Å²) in [6, 6.07) is 3.67. The van der Waals surface area contributed by atoms with E-state index in [1.807, 2.05) is 46.8 Å². The molecule has 0 saturated carbocycles. The first-order valence-electron chi connectivity index (χ1n) is 8.53. The van der Waals surface area contributed by atoms with Crippen molar-refractivity contribution in [2.75, 3.05) is 26.6 Å². The normalized spacial score (nSPS) is 11.9. The number of fused-ring (bicyclic) bond motifs is 1. The van der Waals surface area contributed by atoms with Crippen LogP contribution in [0.3, 0.4) is 0 Å². The van der Waals surface area contributed by atoms with E-state index in [0.29, 0.717) is 30.9 Å². The highest BCUT2D eigenvalue weighted by molar-refractivity contribution is 5.77. The number of carbonyl (C=O) groups is 2. The topological polar surface area (TPSA) is 77.1 Å². The summed E-state index contributed by atoms with van der Waals surface area (Å²) < 4.78 is 14.9. The number of nitrogens with zero attached hydrogens (tertiary/aromatic N) is 1. The van der Waals surface area contributed by atoms with E-state index in [0.717, 1.165) is 11.1 Å². The maximum atomic E-state index is 12.1. The number of amides is 2. The molecule has 1 N–H and O–H groups in total. The minimum Gasteiger partial charge on any atom is -0.495 e. The molecule has 26 heavy (non-hydrogen) atoms. The number of hydrogen-bond donors (Lipinski definition) is 1. The summed E-state index contributed by atoms with van der Waals surface area (Å²) in [4.78, 5) is 24.3. The van der Waals surface area contributed by atoms with E-state index in [2.05, 4.69) is 10.1 Å². The lowest BCUT2D eigenvalue weighted by atomic mass is 10.1. The van der Waals surface area contributed by atoms with E-state index in [9.17, 15) is 9.59 Å². The van der Waals surface area contributed by atoms with Crippen molar-refractivity contribution in [1.29, 1.82) is 0 Å². The minimum atomic E-state index is -0.520. The van der Waals surface area contributed by atoms with Gasteiger partial charge in [0.1, 0.15) is 11.4 Å². The average Bonchev–Trinajstić information content (AvgIpc) is 2.98. The molecule has 2 amide bonds. The van der Waals surface area contributed by atoms with Gasteiger partial charge in [-0.1, -0.05) is 13.8 Å². The van der Waals surface area contributed by atoms with Gasteiger partial charge in [0.25, 0.3) is 0 Å². The lowest BCUT2D eigenvalue weighted by Crippen LogP contribution is -2.33. The van der Waals surface area contributed by atoms with Crippen LogP contribution < -0.4 is 10.1 Å². The predicted molar refractivity (Wildman–Crippen MR) is 102 cm³/mol. The average molecular weight is 368 g/mol. The monoisotopic (exact) mass is 368 g/mol. The molecule has 1 aromatic carbocycles.